The Morgan fingerprint density at radius 1 is 1.28 bits per heavy atom. The van der Waals surface area contributed by atoms with E-state index in [4.69, 9.17) is 9.84 Å². The van der Waals surface area contributed by atoms with E-state index in [1.54, 1.807) is 31.6 Å². The molecule has 4 heterocycles. The van der Waals surface area contributed by atoms with Gasteiger partial charge in [0.25, 0.3) is 5.91 Å². The minimum Gasteiger partial charge on any atom is -0.481 e. The average molecular weight is 394 g/mol. The molecule has 1 amide bonds. The third-order valence-electron chi connectivity index (χ3n) is 5.35. The van der Waals surface area contributed by atoms with Gasteiger partial charge in [0.2, 0.25) is 5.88 Å². The zero-order chi connectivity index (χ0) is 20.4. The lowest BCUT2D eigenvalue weighted by molar-refractivity contribution is 0.0790. The number of likely N-dealkylation sites (N-methyl/N-ethyl adjacent to an activating group) is 1. The minimum absolute atomic E-state index is 0.00266. The van der Waals surface area contributed by atoms with E-state index in [2.05, 4.69) is 35.0 Å². The number of likely N-dealkylation sites (tertiary alicyclic amines) is 1. The maximum absolute atomic E-state index is 12.9. The molecule has 4 rings (SSSR count). The van der Waals surface area contributed by atoms with E-state index in [0.717, 1.165) is 36.2 Å². The number of hydrogen-bond acceptors (Lipinski definition) is 6. The van der Waals surface area contributed by atoms with Crippen LogP contribution in [0.5, 0.6) is 5.88 Å². The standard InChI is InChI=1S/C21H26N6O2/c1-25(2)11-12-27-20-17(5-4-9-22-20)19(24-27)16-8-10-26(14-16)21(28)15-6-7-18(29-3)23-13-15/h4-7,9,13,16H,8,10-12,14H2,1-3H3. The summed E-state index contributed by atoms with van der Waals surface area (Å²) < 4.78 is 7.06. The molecule has 0 spiro atoms. The zero-order valence-corrected chi connectivity index (χ0v) is 17.1. The van der Waals surface area contributed by atoms with Crippen LogP contribution in [0.25, 0.3) is 11.0 Å². The van der Waals surface area contributed by atoms with Crippen LogP contribution in [0.1, 0.15) is 28.4 Å². The highest BCUT2D eigenvalue weighted by Gasteiger charge is 2.31. The van der Waals surface area contributed by atoms with Gasteiger partial charge in [0, 0.05) is 49.4 Å². The van der Waals surface area contributed by atoms with Gasteiger partial charge in [0.15, 0.2) is 5.65 Å². The van der Waals surface area contributed by atoms with Gasteiger partial charge in [-0.05, 0) is 38.7 Å². The molecular weight excluding hydrogens is 368 g/mol. The molecule has 1 unspecified atom stereocenters. The lowest BCUT2D eigenvalue weighted by atomic mass is 10.0. The third kappa shape index (κ3) is 3.93. The Kier molecular flexibility index (Phi) is 5.44. The summed E-state index contributed by atoms with van der Waals surface area (Å²) in [5.41, 5.74) is 2.53. The van der Waals surface area contributed by atoms with Gasteiger partial charge in [0.05, 0.1) is 24.9 Å². The van der Waals surface area contributed by atoms with Crippen LogP contribution in [0.4, 0.5) is 0 Å². The number of pyridine rings is 2. The fourth-order valence-corrected chi connectivity index (χ4v) is 3.76. The second-order valence-corrected chi connectivity index (χ2v) is 7.61. The first kappa shape index (κ1) is 19.3. The molecule has 1 aliphatic rings. The Morgan fingerprint density at radius 3 is 2.86 bits per heavy atom. The van der Waals surface area contributed by atoms with E-state index in [1.807, 2.05) is 15.6 Å². The van der Waals surface area contributed by atoms with E-state index in [-0.39, 0.29) is 11.8 Å². The molecule has 1 atom stereocenters. The van der Waals surface area contributed by atoms with E-state index >= 15 is 0 Å². The van der Waals surface area contributed by atoms with Crippen molar-refractivity contribution in [2.75, 3.05) is 40.8 Å². The highest BCUT2D eigenvalue weighted by Crippen LogP contribution is 2.32. The van der Waals surface area contributed by atoms with Crippen LogP contribution in [0.2, 0.25) is 0 Å². The second-order valence-electron chi connectivity index (χ2n) is 7.61. The first-order valence-corrected chi connectivity index (χ1v) is 9.82. The molecule has 0 N–H and O–H groups in total. The van der Waals surface area contributed by atoms with Crippen molar-refractivity contribution < 1.29 is 9.53 Å². The molecular formula is C21H26N6O2. The Morgan fingerprint density at radius 2 is 2.14 bits per heavy atom. The summed E-state index contributed by atoms with van der Waals surface area (Å²) in [5, 5.41) is 5.97. The normalized spacial score (nSPS) is 16.7. The summed E-state index contributed by atoms with van der Waals surface area (Å²) in [6.45, 7) is 3.04. The highest BCUT2D eigenvalue weighted by molar-refractivity contribution is 5.94. The second kappa shape index (κ2) is 8.16. The van der Waals surface area contributed by atoms with E-state index in [9.17, 15) is 4.79 Å². The van der Waals surface area contributed by atoms with Crippen molar-refractivity contribution in [3.05, 3.63) is 47.9 Å². The van der Waals surface area contributed by atoms with Crippen LogP contribution in [-0.2, 0) is 6.54 Å². The summed E-state index contributed by atoms with van der Waals surface area (Å²) in [5.74, 6) is 0.706. The van der Waals surface area contributed by atoms with Crippen LogP contribution in [0.15, 0.2) is 36.7 Å². The fraction of sp³-hybridized carbons (Fsp3) is 0.429. The molecule has 0 bridgehead atoms. The molecule has 0 aliphatic carbocycles. The van der Waals surface area contributed by atoms with Crippen molar-refractivity contribution in [1.29, 1.82) is 0 Å². The quantitative estimate of drug-likeness (QED) is 0.637. The Labute approximate surface area is 170 Å². The summed E-state index contributed by atoms with van der Waals surface area (Å²) in [7, 11) is 5.66. The van der Waals surface area contributed by atoms with Crippen LogP contribution >= 0.6 is 0 Å². The maximum Gasteiger partial charge on any atom is 0.255 e. The number of rotatable bonds is 6. The number of amides is 1. The summed E-state index contributed by atoms with van der Waals surface area (Å²) in [6, 6.07) is 7.50. The van der Waals surface area contributed by atoms with E-state index in [1.165, 1.54) is 0 Å². The van der Waals surface area contributed by atoms with Crippen LogP contribution in [0.3, 0.4) is 0 Å². The van der Waals surface area contributed by atoms with Gasteiger partial charge in [-0.3, -0.25) is 4.79 Å². The van der Waals surface area contributed by atoms with Crippen molar-refractivity contribution in [2.45, 2.75) is 18.9 Å². The molecule has 29 heavy (non-hydrogen) atoms. The van der Waals surface area contributed by atoms with Gasteiger partial charge >= 0.3 is 0 Å². The van der Waals surface area contributed by atoms with E-state index < -0.39 is 0 Å². The van der Waals surface area contributed by atoms with E-state index in [0.29, 0.717) is 24.5 Å². The number of fused-ring (bicyclic) bond motifs is 1. The third-order valence-corrected chi connectivity index (χ3v) is 5.35. The maximum atomic E-state index is 12.9. The average Bonchev–Trinajstić information content (AvgIpc) is 3.37. The van der Waals surface area contributed by atoms with Gasteiger partial charge in [-0.2, -0.15) is 5.10 Å². The molecule has 0 aromatic carbocycles. The van der Waals surface area contributed by atoms with Gasteiger partial charge in [-0.25, -0.2) is 14.6 Å². The molecule has 8 nitrogen and oxygen atoms in total. The molecule has 0 saturated carbocycles. The highest BCUT2D eigenvalue weighted by atomic mass is 16.5. The van der Waals surface area contributed by atoms with Crippen molar-refractivity contribution >= 4 is 16.9 Å². The van der Waals surface area contributed by atoms with Crippen molar-refractivity contribution in [3.63, 3.8) is 0 Å². The predicted molar refractivity (Wildman–Crippen MR) is 110 cm³/mol. The number of carbonyl (C=O) groups excluding carboxylic acids is 1. The largest absolute Gasteiger partial charge is 0.481 e. The van der Waals surface area contributed by atoms with Crippen molar-refractivity contribution in [2.24, 2.45) is 0 Å². The van der Waals surface area contributed by atoms with Gasteiger partial charge in [-0.15, -0.1) is 0 Å². The SMILES string of the molecule is COc1ccc(C(=O)N2CCC(c3nn(CCN(C)C)c4ncccc34)C2)cn1. The molecule has 152 valence electrons. The Bertz CT molecular complexity index is 998. The zero-order valence-electron chi connectivity index (χ0n) is 17.1. The number of nitrogens with zero attached hydrogens (tertiary/aromatic N) is 6. The number of carbonyl (C=O) groups is 1. The number of methoxy groups -OCH3 is 1. The van der Waals surface area contributed by atoms with Crippen LogP contribution in [0, 0.1) is 0 Å². The molecule has 0 radical (unpaired) electrons. The number of aromatic nitrogens is 4. The summed E-state index contributed by atoms with van der Waals surface area (Å²) >= 11 is 0. The van der Waals surface area contributed by atoms with Crippen molar-refractivity contribution in [3.8, 4) is 5.88 Å². The minimum atomic E-state index is -0.00266. The van der Waals surface area contributed by atoms with Gasteiger partial charge in [-0.1, -0.05) is 0 Å². The topological polar surface area (TPSA) is 76.4 Å². The molecule has 1 aliphatic heterocycles. The van der Waals surface area contributed by atoms with Gasteiger partial charge < -0.3 is 14.5 Å². The first-order valence-electron chi connectivity index (χ1n) is 9.82. The van der Waals surface area contributed by atoms with Crippen LogP contribution in [-0.4, -0.2) is 76.3 Å². The Hall–Kier alpha value is -3.00. The first-order chi connectivity index (χ1) is 14.1. The Balaban J connectivity index is 1.54. The molecule has 1 fully saturated rings. The lowest BCUT2D eigenvalue weighted by Crippen LogP contribution is -2.28. The fourth-order valence-electron chi connectivity index (χ4n) is 3.76. The van der Waals surface area contributed by atoms with Gasteiger partial charge in [0.1, 0.15) is 0 Å². The predicted octanol–water partition coefficient (Wildman–Crippen LogP) is 2.03. The summed E-state index contributed by atoms with van der Waals surface area (Å²) in [6.07, 6.45) is 4.27. The number of hydrogen-bond donors (Lipinski definition) is 0. The molecule has 8 heteroatoms. The lowest BCUT2D eigenvalue weighted by Gasteiger charge is -2.16. The number of ether oxygens (including phenoxy) is 1. The summed E-state index contributed by atoms with van der Waals surface area (Å²) in [4.78, 5) is 25.6. The molecule has 3 aromatic heterocycles. The van der Waals surface area contributed by atoms with Crippen molar-refractivity contribution in [1.82, 2.24) is 29.5 Å². The van der Waals surface area contributed by atoms with Crippen LogP contribution < -0.4 is 4.74 Å². The monoisotopic (exact) mass is 394 g/mol. The molecule has 3 aromatic rings. The smallest absolute Gasteiger partial charge is 0.255 e. The molecule has 1 saturated heterocycles.